The molecule has 19 heavy (non-hydrogen) atoms. The molecule has 0 radical (unpaired) electrons. The van der Waals surface area contributed by atoms with Gasteiger partial charge in [-0.2, -0.15) is 0 Å². The lowest BCUT2D eigenvalue weighted by atomic mass is 9.78. The first-order chi connectivity index (χ1) is 8.90. The molecule has 2 N–H and O–H groups in total. The fourth-order valence-corrected chi connectivity index (χ4v) is 3.81. The lowest BCUT2D eigenvalue weighted by Crippen LogP contribution is -2.47. The number of carbonyl (C=O) groups excluding carboxylic acids is 2. The van der Waals surface area contributed by atoms with Crippen LogP contribution in [0.15, 0.2) is 0 Å². The lowest BCUT2D eigenvalue weighted by Gasteiger charge is -2.30. The summed E-state index contributed by atoms with van der Waals surface area (Å²) in [5.41, 5.74) is 0. The third kappa shape index (κ3) is 2.93. The van der Waals surface area contributed by atoms with Crippen LogP contribution < -0.4 is 10.6 Å². The number of fused-ring (bicyclic) bond motifs is 2. The van der Waals surface area contributed by atoms with E-state index < -0.39 is 0 Å². The highest BCUT2D eigenvalue weighted by molar-refractivity contribution is 5.89. The topological polar surface area (TPSA) is 58.2 Å². The van der Waals surface area contributed by atoms with Crippen molar-refractivity contribution in [3.05, 3.63) is 0 Å². The van der Waals surface area contributed by atoms with Gasteiger partial charge < -0.3 is 10.6 Å². The van der Waals surface area contributed by atoms with Gasteiger partial charge in [0.2, 0.25) is 11.8 Å². The summed E-state index contributed by atoms with van der Waals surface area (Å²) in [6, 6.07) is 0.279. The Hall–Kier alpha value is -1.06. The third-order valence-corrected chi connectivity index (χ3v) is 4.38. The number of hydrogen-bond acceptors (Lipinski definition) is 2. The summed E-state index contributed by atoms with van der Waals surface area (Å²) in [6.07, 6.45) is 3.25. The zero-order chi connectivity index (χ0) is 14.2. The van der Waals surface area contributed by atoms with Crippen LogP contribution in [0.2, 0.25) is 0 Å². The average molecular weight is 266 g/mol. The summed E-state index contributed by atoms with van der Waals surface area (Å²) >= 11 is 0. The monoisotopic (exact) mass is 266 g/mol. The van der Waals surface area contributed by atoms with Crippen LogP contribution in [0.4, 0.5) is 0 Å². The zero-order valence-electron chi connectivity index (χ0n) is 12.4. The van der Waals surface area contributed by atoms with E-state index in [0.717, 1.165) is 19.3 Å². The molecule has 2 amide bonds. The van der Waals surface area contributed by atoms with Gasteiger partial charge in [-0.1, -0.05) is 0 Å². The number of amides is 2. The molecule has 0 heterocycles. The molecule has 108 valence electrons. The number of rotatable bonds is 4. The summed E-state index contributed by atoms with van der Waals surface area (Å²) in [6.45, 7) is 7.87. The second-order valence-electron chi connectivity index (χ2n) is 6.71. The second kappa shape index (κ2) is 5.51. The summed E-state index contributed by atoms with van der Waals surface area (Å²) < 4.78 is 0. The van der Waals surface area contributed by atoms with Crippen LogP contribution in [0.5, 0.6) is 0 Å². The molecule has 2 fully saturated rings. The second-order valence-corrected chi connectivity index (χ2v) is 6.71. The Balaban J connectivity index is 2.10. The standard InChI is InChI=1S/C15H26N2O2/c1-8(2)16-14(18)12-10-5-6-11(7-10)13(12)15(19)17-9(3)4/h8-13H,5-7H2,1-4H3,(H,16,18)(H,17,19)/t10-,11+,12-,13-/m0/s1. The number of hydrogen-bond donors (Lipinski definition) is 2. The molecule has 0 aromatic rings. The molecule has 0 aromatic carbocycles. The van der Waals surface area contributed by atoms with E-state index in [1.807, 2.05) is 27.7 Å². The molecule has 0 spiro atoms. The Bertz CT molecular complexity index is 331. The maximum Gasteiger partial charge on any atom is 0.224 e. The quantitative estimate of drug-likeness (QED) is 0.813. The normalized spacial score (nSPS) is 32.9. The Morgan fingerprint density at radius 2 is 1.21 bits per heavy atom. The van der Waals surface area contributed by atoms with Crippen molar-refractivity contribution in [3.8, 4) is 0 Å². The molecule has 0 aromatic heterocycles. The Morgan fingerprint density at radius 3 is 1.53 bits per heavy atom. The first-order valence-corrected chi connectivity index (χ1v) is 7.51. The maximum atomic E-state index is 12.4. The van der Waals surface area contributed by atoms with Crippen molar-refractivity contribution in [2.75, 3.05) is 0 Å². The van der Waals surface area contributed by atoms with Crippen LogP contribution in [0.25, 0.3) is 0 Å². The highest BCUT2D eigenvalue weighted by Gasteiger charge is 2.53. The van der Waals surface area contributed by atoms with E-state index in [2.05, 4.69) is 10.6 Å². The Morgan fingerprint density at radius 1 is 0.842 bits per heavy atom. The molecular formula is C15H26N2O2. The first kappa shape index (κ1) is 14.4. The summed E-state index contributed by atoms with van der Waals surface area (Å²) in [5, 5.41) is 5.98. The van der Waals surface area contributed by atoms with E-state index in [1.54, 1.807) is 0 Å². The molecule has 2 aliphatic carbocycles. The molecule has 2 rings (SSSR count). The molecule has 4 heteroatoms. The molecule has 2 saturated carbocycles. The van der Waals surface area contributed by atoms with Crippen LogP contribution in [0.3, 0.4) is 0 Å². The van der Waals surface area contributed by atoms with Gasteiger partial charge in [0, 0.05) is 12.1 Å². The minimum Gasteiger partial charge on any atom is -0.354 e. The van der Waals surface area contributed by atoms with Crippen molar-refractivity contribution < 1.29 is 9.59 Å². The fraction of sp³-hybridized carbons (Fsp3) is 0.867. The van der Waals surface area contributed by atoms with Crippen molar-refractivity contribution in [2.45, 2.75) is 59.0 Å². The molecule has 2 aliphatic rings. The van der Waals surface area contributed by atoms with Gasteiger partial charge in [0.1, 0.15) is 0 Å². The van der Waals surface area contributed by atoms with Crippen molar-refractivity contribution in [3.63, 3.8) is 0 Å². The van der Waals surface area contributed by atoms with Crippen LogP contribution in [0, 0.1) is 23.7 Å². The van der Waals surface area contributed by atoms with Crippen molar-refractivity contribution in [2.24, 2.45) is 23.7 Å². The van der Waals surface area contributed by atoms with Crippen molar-refractivity contribution in [1.82, 2.24) is 10.6 Å². The Labute approximate surface area is 115 Å². The van der Waals surface area contributed by atoms with Gasteiger partial charge in [-0.3, -0.25) is 9.59 Å². The van der Waals surface area contributed by atoms with Gasteiger partial charge in [0.05, 0.1) is 11.8 Å². The molecular weight excluding hydrogens is 240 g/mol. The third-order valence-electron chi connectivity index (χ3n) is 4.38. The number of nitrogens with one attached hydrogen (secondary N) is 2. The predicted octanol–water partition coefficient (Wildman–Crippen LogP) is 1.70. The molecule has 2 bridgehead atoms. The zero-order valence-corrected chi connectivity index (χ0v) is 12.4. The van der Waals surface area contributed by atoms with Gasteiger partial charge in [0.15, 0.2) is 0 Å². The predicted molar refractivity (Wildman–Crippen MR) is 74.4 cm³/mol. The first-order valence-electron chi connectivity index (χ1n) is 7.51. The minimum atomic E-state index is -0.111. The Kier molecular flexibility index (Phi) is 4.16. The minimum absolute atomic E-state index is 0.0751. The van der Waals surface area contributed by atoms with Crippen LogP contribution in [0.1, 0.15) is 47.0 Å². The lowest BCUT2D eigenvalue weighted by molar-refractivity contribution is -0.137. The van der Waals surface area contributed by atoms with Gasteiger partial charge >= 0.3 is 0 Å². The van der Waals surface area contributed by atoms with Gasteiger partial charge in [0.25, 0.3) is 0 Å². The van der Waals surface area contributed by atoms with Gasteiger partial charge in [-0.15, -0.1) is 0 Å². The summed E-state index contributed by atoms with van der Waals surface area (Å²) in [4.78, 5) is 24.7. The van der Waals surface area contributed by atoms with E-state index in [9.17, 15) is 9.59 Å². The van der Waals surface area contributed by atoms with Gasteiger partial charge in [-0.05, 0) is 58.8 Å². The van der Waals surface area contributed by atoms with Crippen molar-refractivity contribution >= 4 is 11.8 Å². The maximum absolute atomic E-state index is 12.4. The molecule has 4 nitrogen and oxygen atoms in total. The molecule has 0 saturated heterocycles. The van der Waals surface area contributed by atoms with E-state index in [4.69, 9.17) is 0 Å². The number of carbonyl (C=O) groups is 2. The highest BCUT2D eigenvalue weighted by atomic mass is 16.2. The largest absolute Gasteiger partial charge is 0.354 e. The molecule has 0 unspecified atom stereocenters. The van der Waals surface area contributed by atoms with Crippen LogP contribution in [-0.4, -0.2) is 23.9 Å². The molecule has 4 atom stereocenters. The van der Waals surface area contributed by atoms with Crippen molar-refractivity contribution in [1.29, 1.82) is 0 Å². The van der Waals surface area contributed by atoms with E-state index in [-0.39, 0.29) is 35.7 Å². The fourth-order valence-electron chi connectivity index (χ4n) is 3.81. The SMILES string of the molecule is CC(C)NC(=O)[C@H]1[C@@H]2CC[C@@H](C2)[C@@H]1C(=O)NC(C)C. The highest BCUT2D eigenvalue weighted by Crippen LogP contribution is 2.52. The van der Waals surface area contributed by atoms with E-state index >= 15 is 0 Å². The van der Waals surface area contributed by atoms with E-state index in [1.165, 1.54) is 0 Å². The average Bonchev–Trinajstić information content (AvgIpc) is 2.85. The summed E-state index contributed by atoms with van der Waals surface area (Å²) in [7, 11) is 0. The van der Waals surface area contributed by atoms with Crippen LogP contribution >= 0.6 is 0 Å². The van der Waals surface area contributed by atoms with E-state index in [0.29, 0.717) is 11.8 Å². The summed E-state index contributed by atoms with van der Waals surface area (Å²) in [5.74, 6) is 0.746. The smallest absolute Gasteiger partial charge is 0.224 e. The van der Waals surface area contributed by atoms with Gasteiger partial charge in [-0.25, -0.2) is 0 Å². The molecule has 0 aliphatic heterocycles. The van der Waals surface area contributed by atoms with Crippen LogP contribution in [-0.2, 0) is 9.59 Å².